The van der Waals surface area contributed by atoms with Crippen LogP contribution in [0.4, 0.5) is 4.79 Å². The average Bonchev–Trinajstić information content (AvgIpc) is 2.51. The van der Waals surface area contributed by atoms with E-state index in [-0.39, 0.29) is 19.8 Å². The van der Waals surface area contributed by atoms with Crippen LogP contribution in [0.15, 0.2) is 43.0 Å². The molecule has 0 aliphatic carbocycles. The van der Waals surface area contributed by atoms with Crippen LogP contribution in [-0.2, 0) is 20.9 Å². The molecular formula is C15H20N2O4. The van der Waals surface area contributed by atoms with Gasteiger partial charge >= 0.3 is 12.1 Å². The van der Waals surface area contributed by atoms with Gasteiger partial charge in [0.25, 0.3) is 0 Å². The van der Waals surface area contributed by atoms with Gasteiger partial charge in [0.2, 0.25) is 0 Å². The molecule has 0 radical (unpaired) electrons. The topological polar surface area (TPSA) is 76.7 Å². The van der Waals surface area contributed by atoms with Crippen LogP contribution in [0.2, 0.25) is 0 Å². The zero-order valence-corrected chi connectivity index (χ0v) is 12.0. The number of esters is 1. The largest absolute Gasteiger partial charge is 0.460 e. The van der Waals surface area contributed by atoms with E-state index >= 15 is 0 Å². The van der Waals surface area contributed by atoms with E-state index in [0.717, 1.165) is 5.56 Å². The molecule has 0 saturated carbocycles. The molecule has 0 saturated heterocycles. The van der Waals surface area contributed by atoms with Gasteiger partial charge in [-0.1, -0.05) is 43.0 Å². The molecule has 0 aliphatic rings. The Labute approximate surface area is 124 Å². The van der Waals surface area contributed by atoms with Crippen LogP contribution in [0.1, 0.15) is 5.56 Å². The minimum absolute atomic E-state index is 0.0970. The molecule has 1 rings (SSSR count). The van der Waals surface area contributed by atoms with Crippen LogP contribution in [0.25, 0.3) is 0 Å². The first-order valence-corrected chi connectivity index (χ1v) is 6.56. The number of carbonyl (C=O) groups is 2. The highest BCUT2D eigenvalue weighted by molar-refractivity contribution is 5.81. The van der Waals surface area contributed by atoms with Crippen molar-refractivity contribution in [2.45, 2.75) is 12.6 Å². The van der Waals surface area contributed by atoms with Gasteiger partial charge in [-0.25, -0.2) is 9.59 Å². The van der Waals surface area contributed by atoms with Crippen molar-refractivity contribution in [3.8, 4) is 0 Å². The van der Waals surface area contributed by atoms with Crippen LogP contribution in [0.5, 0.6) is 0 Å². The minimum atomic E-state index is -0.807. The van der Waals surface area contributed by atoms with Crippen LogP contribution >= 0.6 is 0 Å². The van der Waals surface area contributed by atoms with E-state index in [2.05, 4.69) is 17.2 Å². The molecule has 1 amide bonds. The molecule has 0 unspecified atom stereocenters. The van der Waals surface area contributed by atoms with Gasteiger partial charge in [-0.3, -0.25) is 0 Å². The molecule has 6 heteroatoms. The zero-order valence-electron chi connectivity index (χ0n) is 12.0. The second-order valence-electron chi connectivity index (χ2n) is 4.24. The number of hydrogen-bond donors (Lipinski definition) is 2. The van der Waals surface area contributed by atoms with E-state index in [1.807, 2.05) is 30.3 Å². The third kappa shape index (κ3) is 6.58. The number of amides is 1. The molecule has 0 bridgehead atoms. The SMILES string of the molecule is C=CCOC(=O)[C@H](CNC)NC(=O)OCc1ccccc1. The van der Waals surface area contributed by atoms with E-state index in [9.17, 15) is 9.59 Å². The highest BCUT2D eigenvalue weighted by Crippen LogP contribution is 2.01. The Morgan fingerprint density at radius 2 is 2.00 bits per heavy atom. The zero-order chi connectivity index (χ0) is 15.5. The minimum Gasteiger partial charge on any atom is -0.460 e. The maximum atomic E-state index is 11.7. The number of carbonyl (C=O) groups excluding carboxylic acids is 2. The Morgan fingerprint density at radius 1 is 1.29 bits per heavy atom. The standard InChI is InChI=1S/C15H20N2O4/c1-3-9-20-14(18)13(10-16-2)17-15(19)21-11-12-7-5-4-6-8-12/h3-8,13,16H,1,9-11H2,2H3,(H,17,19)/t13-/m0/s1. The Hall–Kier alpha value is -2.34. The summed E-state index contributed by atoms with van der Waals surface area (Å²) in [7, 11) is 1.67. The summed E-state index contributed by atoms with van der Waals surface area (Å²) in [5, 5.41) is 5.27. The van der Waals surface area contributed by atoms with Gasteiger partial charge in [0.1, 0.15) is 19.3 Å². The smallest absolute Gasteiger partial charge is 0.408 e. The molecule has 1 aromatic rings. The summed E-state index contributed by atoms with van der Waals surface area (Å²) in [5.74, 6) is -0.541. The van der Waals surface area contributed by atoms with E-state index in [1.54, 1.807) is 7.05 Å². The molecule has 1 atom stereocenters. The number of nitrogens with one attached hydrogen (secondary N) is 2. The molecular weight excluding hydrogens is 272 g/mol. The van der Waals surface area contributed by atoms with Crippen LogP contribution in [0.3, 0.4) is 0 Å². The van der Waals surface area contributed by atoms with Gasteiger partial charge in [0, 0.05) is 6.54 Å². The summed E-state index contributed by atoms with van der Waals surface area (Å²) in [5.41, 5.74) is 0.868. The van der Waals surface area contributed by atoms with Gasteiger partial charge in [0.15, 0.2) is 0 Å². The van der Waals surface area contributed by atoms with Crippen LogP contribution in [0, 0.1) is 0 Å². The first-order valence-electron chi connectivity index (χ1n) is 6.56. The maximum absolute atomic E-state index is 11.7. The molecule has 0 fully saturated rings. The van der Waals surface area contributed by atoms with Gasteiger partial charge in [-0.15, -0.1) is 0 Å². The van der Waals surface area contributed by atoms with Crippen molar-refractivity contribution in [2.75, 3.05) is 20.2 Å². The Bertz CT molecular complexity index is 462. The van der Waals surface area contributed by atoms with Crippen molar-refractivity contribution >= 4 is 12.1 Å². The number of benzene rings is 1. The van der Waals surface area contributed by atoms with E-state index in [0.29, 0.717) is 0 Å². The summed E-state index contributed by atoms with van der Waals surface area (Å²) in [6.07, 6.45) is 0.789. The van der Waals surface area contributed by atoms with Crippen molar-refractivity contribution in [3.63, 3.8) is 0 Å². The average molecular weight is 292 g/mol. The number of ether oxygens (including phenoxy) is 2. The first-order chi connectivity index (χ1) is 10.2. The van der Waals surface area contributed by atoms with Crippen LogP contribution < -0.4 is 10.6 Å². The molecule has 0 heterocycles. The second kappa shape index (κ2) is 9.55. The number of alkyl carbamates (subject to hydrolysis) is 1. The van der Waals surface area contributed by atoms with Gasteiger partial charge in [-0.05, 0) is 12.6 Å². The molecule has 0 aromatic heterocycles. The lowest BCUT2D eigenvalue weighted by Crippen LogP contribution is -2.47. The number of rotatable bonds is 8. The summed E-state index contributed by atoms with van der Waals surface area (Å²) in [4.78, 5) is 23.4. The van der Waals surface area contributed by atoms with E-state index in [4.69, 9.17) is 9.47 Å². The monoisotopic (exact) mass is 292 g/mol. The first kappa shape index (κ1) is 16.7. The lowest BCUT2D eigenvalue weighted by Gasteiger charge is -2.16. The number of hydrogen-bond acceptors (Lipinski definition) is 5. The van der Waals surface area contributed by atoms with Gasteiger partial charge in [-0.2, -0.15) is 0 Å². The molecule has 21 heavy (non-hydrogen) atoms. The molecule has 0 aliphatic heterocycles. The van der Waals surface area contributed by atoms with Crippen LogP contribution in [-0.4, -0.2) is 38.3 Å². The highest BCUT2D eigenvalue weighted by atomic mass is 16.6. The molecule has 1 aromatic carbocycles. The van der Waals surface area contributed by atoms with Crippen molar-refractivity contribution in [3.05, 3.63) is 48.6 Å². The van der Waals surface area contributed by atoms with Gasteiger partial charge in [0.05, 0.1) is 0 Å². The Kier molecular flexibility index (Phi) is 7.60. The summed E-state index contributed by atoms with van der Waals surface area (Å²) >= 11 is 0. The quantitative estimate of drug-likeness (QED) is 0.557. The second-order valence-corrected chi connectivity index (χ2v) is 4.24. The fourth-order valence-electron chi connectivity index (χ4n) is 1.55. The third-order valence-corrected chi connectivity index (χ3v) is 2.54. The van der Waals surface area contributed by atoms with Crippen molar-refractivity contribution in [1.82, 2.24) is 10.6 Å². The third-order valence-electron chi connectivity index (χ3n) is 2.54. The van der Waals surface area contributed by atoms with Gasteiger partial charge < -0.3 is 20.1 Å². The van der Waals surface area contributed by atoms with E-state index < -0.39 is 18.1 Å². The summed E-state index contributed by atoms with van der Waals surface area (Å²) in [6, 6.07) is 8.47. The lowest BCUT2D eigenvalue weighted by molar-refractivity contribution is -0.144. The molecule has 0 spiro atoms. The fourth-order valence-corrected chi connectivity index (χ4v) is 1.55. The predicted molar refractivity (Wildman–Crippen MR) is 78.6 cm³/mol. The Balaban J connectivity index is 2.44. The maximum Gasteiger partial charge on any atom is 0.408 e. The highest BCUT2D eigenvalue weighted by Gasteiger charge is 2.21. The lowest BCUT2D eigenvalue weighted by atomic mass is 10.2. The number of likely N-dealkylation sites (N-methyl/N-ethyl adjacent to an activating group) is 1. The summed E-state index contributed by atoms with van der Waals surface area (Å²) in [6.45, 7) is 3.94. The Morgan fingerprint density at radius 3 is 2.62 bits per heavy atom. The normalized spacial score (nSPS) is 11.3. The molecule has 6 nitrogen and oxygen atoms in total. The fraction of sp³-hybridized carbons (Fsp3) is 0.333. The van der Waals surface area contributed by atoms with Crippen molar-refractivity contribution in [2.24, 2.45) is 0 Å². The molecule has 2 N–H and O–H groups in total. The van der Waals surface area contributed by atoms with E-state index in [1.165, 1.54) is 6.08 Å². The molecule has 114 valence electrons. The van der Waals surface area contributed by atoms with Crippen molar-refractivity contribution < 1.29 is 19.1 Å². The predicted octanol–water partition coefficient (Wildman–Crippen LogP) is 1.23. The summed E-state index contributed by atoms with van der Waals surface area (Å²) < 4.78 is 9.96. The van der Waals surface area contributed by atoms with Crippen molar-refractivity contribution in [1.29, 1.82) is 0 Å².